The summed E-state index contributed by atoms with van der Waals surface area (Å²) in [6.07, 6.45) is 0. The molecule has 0 aliphatic rings. The molecule has 5 aromatic carbocycles. The van der Waals surface area contributed by atoms with Crippen LogP contribution in [0.15, 0.2) is 131 Å². The first-order valence-corrected chi connectivity index (χ1v) is 17.3. The van der Waals surface area contributed by atoms with Crippen LogP contribution in [0.2, 0.25) is 0 Å². The Hall–Kier alpha value is -5.33. The molecule has 47 heavy (non-hydrogen) atoms. The SMILES string of the molecule is COc1ccc(S(=O)(=O)N(Cc2ccccc2)c2ccccc2C(=O)Nc2ccc(S(=O)(=O)Nc3cc(C)ccc3OC)cc2)cc1. The summed E-state index contributed by atoms with van der Waals surface area (Å²) in [6.45, 7) is 1.80. The molecular weight excluding hydrogens is 639 g/mol. The second-order valence-electron chi connectivity index (χ2n) is 10.5. The van der Waals surface area contributed by atoms with Gasteiger partial charge in [-0.1, -0.05) is 48.5 Å². The molecule has 0 aliphatic heterocycles. The Morgan fingerprint density at radius 1 is 0.723 bits per heavy atom. The van der Waals surface area contributed by atoms with Gasteiger partial charge in [-0.05, 0) is 90.8 Å². The maximum Gasteiger partial charge on any atom is 0.264 e. The molecule has 242 valence electrons. The average Bonchev–Trinajstić information content (AvgIpc) is 3.08. The lowest BCUT2D eigenvalue weighted by Gasteiger charge is -2.26. The molecule has 0 aliphatic carbocycles. The number of ether oxygens (including phenoxy) is 2. The second-order valence-corrected chi connectivity index (χ2v) is 14.0. The Labute approximate surface area is 274 Å². The monoisotopic (exact) mass is 671 g/mol. The number of benzene rings is 5. The second kappa shape index (κ2) is 14.0. The summed E-state index contributed by atoms with van der Waals surface area (Å²) in [5.41, 5.74) is 2.44. The Morgan fingerprint density at radius 2 is 1.36 bits per heavy atom. The van der Waals surface area contributed by atoms with Crippen LogP contribution < -0.4 is 23.8 Å². The standard InChI is InChI=1S/C35H33N3O7S2/c1-25-13-22-34(45-3)32(23-25)37-46(40,41)29-18-14-27(15-19-29)36-35(39)31-11-7-8-12-33(31)38(24-26-9-5-4-6-10-26)47(42,43)30-20-16-28(44-2)17-21-30/h4-23,37H,24H2,1-3H3,(H,36,39). The van der Waals surface area contributed by atoms with E-state index in [4.69, 9.17) is 9.47 Å². The number of amides is 1. The number of para-hydroxylation sites is 1. The van der Waals surface area contributed by atoms with E-state index in [9.17, 15) is 21.6 Å². The number of nitrogens with one attached hydrogen (secondary N) is 2. The van der Waals surface area contributed by atoms with Crippen LogP contribution in [-0.4, -0.2) is 37.0 Å². The number of methoxy groups -OCH3 is 2. The highest BCUT2D eigenvalue weighted by Gasteiger charge is 2.29. The number of carbonyl (C=O) groups is 1. The van der Waals surface area contributed by atoms with Crippen LogP contribution in [0.3, 0.4) is 0 Å². The minimum atomic E-state index is -4.15. The van der Waals surface area contributed by atoms with Gasteiger partial charge in [0.1, 0.15) is 11.5 Å². The molecule has 5 rings (SSSR count). The van der Waals surface area contributed by atoms with Gasteiger partial charge in [0.15, 0.2) is 0 Å². The summed E-state index contributed by atoms with van der Waals surface area (Å²) in [7, 11) is -5.18. The van der Waals surface area contributed by atoms with E-state index in [2.05, 4.69) is 10.0 Å². The molecule has 10 nitrogen and oxygen atoms in total. The molecule has 0 atom stereocenters. The quantitative estimate of drug-likeness (QED) is 0.156. The number of sulfonamides is 2. The lowest BCUT2D eigenvalue weighted by molar-refractivity contribution is 0.102. The van der Waals surface area contributed by atoms with Crippen molar-refractivity contribution in [2.45, 2.75) is 23.3 Å². The van der Waals surface area contributed by atoms with Gasteiger partial charge in [0.05, 0.1) is 47.5 Å². The lowest BCUT2D eigenvalue weighted by atomic mass is 10.1. The van der Waals surface area contributed by atoms with E-state index in [1.54, 1.807) is 54.6 Å². The number of carbonyl (C=O) groups excluding carboxylic acids is 1. The third-order valence-corrected chi connectivity index (χ3v) is 10.4. The molecule has 0 radical (unpaired) electrons. The molecule has 0 heterocycles. The van der Waals surface area contributed by atoms with Gasteiger partial charge in [0.2, 0.25) is 0 Å². The summed E-state index contributed by atoms with van der Waals surface area (Å²) >= 11 is 0. The fourth-order valence-electron chi connectivity index (χ4n) is 4.83. The van der Waals surface area contributed by atoms with Crippen LogP contribution in [-0.2, 0) is 26.6 Å². The predicted molar refractivity (Wildman–Crippen MR) is 182 cm³/mol. The van der Waals surface area contributed by atoms with Gasteiger partial charge in [-0.3, -0.25) is 13.8 Å². The van der Waals surface area contributed by atoms with Crippen LogP contribution in [0.5, 0.6) is 11.5 Å². The Morgan fingerprint density at radius 3 is 2.02 bits per heavy atom. The summed E-state index contributed by atoms with van der Waals surface area (Å²) in [5, 5.41) is 2.77. The highest BCUT2D eigenvalue weighted by molar-refractivity contribution is 7.93. The fraction of sp³-hybridized carbons (Fsp3) is 0.114. The first-order chi connectivity index (χ1) is 22.5. The molecule has 0 saturated carbocycles. The molecule has 1 amide bonds. The molecular formula is C35H33N3O7S2. The number of aryl methyl sites for hydroxylation is 1. The van der Waals surface area contributed by atoms with Crippen LogP contribution in [0, 0.1) is 6.92 Å². The van der Waals surface area contributed by atoms with Gasteiger partial charge >= 0.3 is 0 Å². The van der Waals surface area contributed by atoms with E-state index >= 15 is 0 Å². The number of hydrogen-bond donors (Lipinski definition) is 2. The smallest absolute Gasteiger partial charge is 0.264 e. The van der Waals surface area contributed by atoms with Crippen molar-refractivity contribution in [2.24, 2.45) is 0 Å². The molecule has 0 fully saturated rings. The number of hydrogen-bond acceptors (Lipinski definition) is 7. The van der Waals surface area contributed by atoms with E-state index in [0.29, 0.717) is 28.4 Å². The number of anilines is 3. The summed E-state index contributed by atoms with van der Waals surface area (Å²) in [6, 6.07) is 32.3. The van der Waals surface area contributed by atoms with Crippen molar-refractivity contribution in [1.82, 2.24) is 0 Å². The molecule has 0 unspecified atom stereocenters. The number of rotatable bonds is 12. The summed E-state index contributed by atoms with van der Waals surface area (Å²) in [5.74, 6) is 0.293. The molecule has 2 N–H and O–H groups in total. The van der Waals surface area contributed by atoms with E-state index in [1.807, 2.05) is 31.2 Å². The molecule has 0 spiro atoms. The fourth-order valence-corrected chi connectivity index (χ4v) is 7.36. The Bertz CT molecular complexity index is 2090. The van der Waals surface area contributed by atoms with E-state index < -0.39 is 26.0 Å². The highest BCUT2D eigenvalue weighted by Crippen LogP contribution is 2.31. The van der Waals surface area contributed by atoms with Gasteiger partial charge in [0.25, 0.3) is 26.0 Å². The van der Waals surface area contributed by atoms with Crippen molar-refractivity contribution >= 4 is 43.0 Å². The zero-order chi connectivity index (χ0) is 33.6. The van der Waals surface area contributed by atoms with Crippen molar-refractivity contribution in [3.63, 3.8) is 0 Å². The van der Waals surface area contributed by atoms with Gasteiger partial charge in [-0.15, -0.1) is 0 Å². The third-order valence-electron chi connectivity index (χ3n) is 7.26. The minimum absolute atomic E-state index is 0.0260. The van der Waals surface area contributed by atoms with E-state index in [1.165, 1.54) is 61.0 Å². The maximum atomic E-state index is 14.1. The van der Waals surface area contributed by atoms with Crippen molar-refractivity contribution in [3.8, 4) is 11.5 Å². The molecule has 0 bridgehead atoms. The van der Waals surface area contributed by atoms with E-state index in [0.717, 1.165) is 5.56 Å². The molecule has 0 aromatic heterocycles. The zero-order valence-electron chi connectivity index (χ0n) is 25.9. The van der Waals surface area contributed by atoms with Crippen LogP contribution in [0.25, 0.3) is 0 Å². The van der Waals surface area contributed by atoms with Crippen LogP contribution in [0.1, 0.15) is 21.5 Å². The topological polar surface area (TPSA) is 131 Å². The highest BCUT2D eigenvalue weighted by atomic mass is 32.2. The molecule has 12 heteroatoms. The largest absolute Gasteiger partial charge is 0.497 e. The molecule has 0 saturated heterocycles. The zero-order valence-corrected chi connectivity index (χ0v) is 27.5. The minimum Gasteiger partial charge on any atom is -0.497 e. The number of nitrogens with zero attached hydrogens (tertiary/aromatic N) is 1. The van der Waals surface area contributed by atoms with Gasteiger partial charge < -0.3 is 14.8 Å². The van der Waals surface area contributed by atoms with Gasteiger partial charge in [-0.2, -0.15) is 0 Å². The van der Waals surface area contributed by atoms with Crippen molar-refractivity contribution in [3.05, 3.63) is 138 Å². The van der Waals surface area contributed by atoms with E-state index in [-0.39, 0.29) is 27.6 Å². The molecule has 5 aromatic rings. The summed E-state index contributed by atoms with van der Waals surface area (Å²) < 4.78 is 68.6. The lowest BCUT2D eigenvalue weighted by Crippen LogP contribution is -2.32. The van der Waals surface area contributed by atoms with Gasteiger partial charge in [0, 0.05) is 5.69 Å². The normalized spacial score (nSPS) is 11.4. The van der Waals surface area contributed by atoms with Crippen molar-refractivity contribution < 1.29 is 31.1 Å². The van der Waals surface area contributed by atoms with Crippen LogP contribution in [0.4, 0.5) is 17.1 Å². The van der Waals surface area contributed by atoms with Gasteiger partial charge in [-0.25, -0.2) is 16.8 Å². The van der Waals surface area contributed by atoms with Crippen molar-refractivity contribution in [1.29, 1.82) is 0 Å². The maximum absolute atomic E-state index is 14.1. The first-order valence-electron chi connectivity index (χ1n) is 14.4. The third kappa shape index (κ3) is 7.56. The Kier molecular flexibility index (Phi) is 9.83. The first kappa shape index (κ1) is 33.0. The average molecular weight is 672 g/mol. The van der Waals surface area contributed by atoms with Crippen molar-refractivity contribution in [2.75, 3.05) is 28.6 Å². The summed E-state index contributed by atoms with van der Waals surface area (Å²) in [4.78, 5) is 13.7. The van der Waals surface area contributed by atoms with Crippen LogP contribution >= 0.6 is 0 Å². The Balaban J connectivity index is 1.43. The predicted octanol–water partition coefficient (Wildman–Crippen LogP) is 6.46.